The second-order valence-electron chi connectivity index (χ2n) is 12.9. The van der Waals surface area contributed by atoms with E-state index in [-0.39, 0.29) is 0 Å². The van der Waals surface area contributed by atoms with E-state index in [1.54, 1.807) is 0 Å². The third kappa shape index (κ3) is 3.49. The zero-order valence-electron chi connectivity index (χ0n) is 25.4. The topological polar surface area (TPSA) is 13.1 Å². The van der Waals surface area contributed by atoms with Gasteiger partial charge in [0, 0.05) is 16.3 Å². The molecule has 0 aliphatic rings. The summed E-state index contributed by atoms with van der Waals surface area (Å²) in [6.07, 6.45) is 0. The largest absolute Gasteiger partial charge is 0.455 e. The molecule has 0 fully saturated rings. The van der Waals surface area contributed by atoms with E-state index in [0.29, 0.717) is 0 Å². The van der Waals surface area contributed by atoms with Crippen molar-refractivity contribution in [2.45, 2.75) is 0 Å². The van der Waals surface area contributed by atoms with Crippen molar-refractivity contribution in [3.05, 3.63) is 158 Å². The predicted octanol–water partition coefficient (Wildman–Crippen LogP) is 13.3. The first-order chi connectivity index (χ1) is 23.3. The van der Waals surface area contributed by atoms with E-state index in [1.807, 2.05) is 0 Å². The van der Waals surface area contributed by atoms with Crippen LogP contribution in [0.4, 0.5) is 0 Å². The lowest BCUT2D eigenvalue weighted by Gasteiger charge is -2.15. The van der Waals surface area contributed by atoms with Gasteiger partial charge >= 0.3 is 0 Å². The molecule has 0 aliphatic heterocycles. The minimum atomic E-state index is 0.915. The quantitative estimate of drug-likeness (QED) is 0.182. The van der Waals surface area contributed by atoms with Crippen LogP contribution in [0.1, 0.15) is 0 Å². The smallest absolute Gasteiger partial charge is 0.143 e. The monoisotopic (exact) mass is 594 g/mol. The van der Waals surface area contributed by atoms with Crippen LogP contribution in [0, 0.1) is 0 Å². The Morgan fingerprint density at radius 2 is 0.894 bits per heavy atom. The zero-order chi connectivity index (χ0) is 30.6. The number of hydrogen-bond acceptors (Lipinski definition) is 1. The molecule has 0 saturated carbocycles. The normalized spacial score (nSPS) is 12.3. The molecule has 11 aromatic rings. The second kappa shape index (κ2) is 9.19. The van der Waals surface area contributed by atoms with Gasteiger partial charge in [-0.25, -0.2) is 0 Å². The van der Waals surface area contributed by atoms with Crippen molar-refractivity contribution < 1.29 is 4.42 Å². The number of furan rings is 1. The van der Waals surface area contributed by atoms with Gasteiger partial charge < -0.3 is 4.42 Å². The summed E-state index contributed by atoms with van der Waals surface area (Å²) in [7, 11) is 0. The van der Waals surface area contributed by atoms with E-state index in [9.17, 15) is 0 Å². The Bertz CT molecular complexity index is 3050. The fourth-order valence-electron chi connectivity index (χ4n) is 8.18. The van der Waals surface area contributed by atoms with Crippen LogP contribution >= 0.6 is 0 Å². The van der Waals surface area contributed by atoms with Crippen molar-refractivity contribution in [2.24, 2.45) is 0 Å². The van der Waals surface area contributed by atoms with Crippen LogP contribution in [0.15, 0.2) is 162 Å². The first-order valence-electron chi connectivity index (χ1n) is 16.3. The Hall–Kier alpha value is -6.18. The van der Waals surface area contributed by atoms with Gasteiger partial charge in [-0.1, -0.05) is 133 Å². The average molecular weight is 595 g/mol. The number of benzene rings is 10. The van der Waals surface area contributed by atoms with Crippen molar-refractivity contribution in [2.75, 3.05) is 0 Å². The minimum Gasteiger partial charge on any atom is -0.455 e. The van der Waals surface area contributed by atoms with E-state index in [1.165, 1.54) is 81.1 Å². The van der Waals surface area contributed by atoms with Crippen LogP contribution in [0.3, 0.4) is 0 Å². The molecular weight excluding hydrogens is 569 g/mol. The third-order valence-electron chi connectivity index (χ3n) is 10.4. The van der Waals surface area contributed by atoms with Crippen molar-refractivity contribution in [3.8, 4) is 22.3 Å². The average Bonchev–Trinajstić information content (AvgIpc) is 3.52. The van der Waals surface area contributed by atoms with E-state index in [2.05, 4.69) is 158 Å². The SMILES string of the molecule is c1ccc2c(c1)ccc1ccc(-c3cc(-c4ccc5ccc6cccc7ccc4c5c67)cc4c3oc3ccc5ccccc5c34)cc12. The molecular formula is C46H26O. The van der Waals surface area contributed by atoms with Gasteiger partial charge in [0.05, 0.1) is 0 Å². The highest BCUT2D eigenvalue weighted by Crippen LogP contribution is 2.45. The van der Waals surface area contributed by atoms with Gasteiger partial charge in [0.25, 0.3) is 0 Å². The standard InChI is InChI=1S/C46H26O/c1-3-10-35-27(6-1)12-13-29-14-17-33(24-39(29)35)40-25-34(26-41-45-37-11-4-2-7-28(37)20-23-42(45)47-46(40)41)36-21-18-32-16-15-30-8-5-9-31-19-22-38(36)44(32)43(30)31/h1-26H. The molecule has 1 aromatic heterocycles. The van der Waals surface area contributed by atoms with E-state index in [4.69, 9.17) is 4.42 Å². The number of hydrogen-bond donors (Lipinski definition) is 0. The predicted molar refractivity (Wildman–Crippen MR) is 201 cm³/mol. The van der Waals surface area contributed by atoms with Crippen LogP contribution in [0.2, 0.25) is 0 Å². The lowest BCUT2D eigenvalue weighted by Crippen LogP contribution is -1.89. The first-order valence-corrected chi connectivity index (χ1v) is 16.3. The van der Waals surface area contributed by atoms with Gasteiger partial charge in [0.15, 0.2) is 0 Å². The summed E-state index contributed by atoms with van der Waals surface area (Å²) in [5.74, 6) is 0. The molecule has 0 spiro atoms. The number of fused-ring (bicyclic) bond motifs is 8. The molecule has 1 heteroatoms. The van der Waals surface area contributed by atoms with Gasteiger partial charge in [-0.2, -0.15) is 0 Å². The highest BCUT2D eigenvalue weighted by molar-refractivity contribution is 6.27. The Balaban J connectivity index is 1.28. The molecule has 0 unspecified atom stereocenters. The zero-order valence-corrected chi connectivity index (χ0v) is 25.4. The Morgan fingerprint density at radius 3 is 1.74 bits per heavy atom. The molecule has 1 nitrogen and oxygen atoms in total. The van der Waals surface area contributed by atoms with Crippen molar-refractivity contribution >= 4 is 86.6 Å². The summed E-state index contributed by atoms with van der Waals surface area (Å²) in [5.41, 5.74) is 6.54. The maximum Gasteiger partial charge on any atom is 0.143 e. The van der Waals surface area contributed by atoms with Crippen LogP contribution in [0.5, 0.6) is 0 Å². The van der Waals surface area contributed by atoms with Gasteiger partial charge in [0.2, 0.25) is 0 Å². The van der Waals surface area contributed by atoms with Crippen LogP contribution in [-0.4, -0.2) is 0 Å². The fraction of sp³-hybridized carbons (Fsp3) is 0. The van der Waals surface area contributed by atoms with Gasteiger partial charge in [0.1, 0.15) is 11.2 Å². The Kier molecular flexibility index (Phi) is 4.90. The lowest BCUT2D eigenvalue weighted by molar-refractivity contribution is 0.670. The molecule has 0 aliphatic carbocycles. The molecule has 0 amide bonds. The van der Waals surface area contributed by atoms with Crippen LogP contribution in [-0.2, 0) is 0 Å². The summed E-state index contributed by atoms with van der Waals surface area (Å²) in [4.78, 5) is 0. The second-order valence-corrected chi connectivity index (χ2v) is 12.9. The van der Waals surface area contributed by atoms with E-state index in [0.717, 1.165) is 27.7 Å². The molecule has 216 valence electrons. The molecule has 1 heterocycles. The summed E-state index contributed by atoms with van der Waals surface area (Å²) < 4.78 is 6.82. The summed E-state index contributed by atoms with van der Waals surface area (Å²) >= 11 is 0. The molecule has 0 saturated heterocycles. The highest BCUT2D eigenvalue weighted by Gasteiger charge is 2.19. The fourth-order valence-corrected chi connectivity index (χ4v) is 8.18. The molecule has 0 atom stereocenters. The molecule has 0 radical (unpaired) electrons. The summed E-state index contributed by atoms with van der Waals surface area (Å²) in [6, 6.07) is 57.9. The van der Waals surface area contributed by atoms with Crippen LogP contribution < -0.4 is 0 Å². The molecule has 47 heavy (non-hydrogen) atoms. The maximum absolute atomic E-state index is 6.82. The lowest BCUT2D eigenvalue weighted by atomic mass is 9.88. The molecule has 10 aromatic carbocycles. The van der Waals surface area contributed by atoms with Crippen molar-refractivity contribution in [3.63, 3.8) is 0 Å². The van der Waals surface area contributed by atoms with Gasteiger partial charge in [-0.3, -0.25) is 0 Å². The third-order valence-corrected chi connectivity index (χ3v) is 10.4. The van der Waals surface area contributed by atoms with E-state index < -0.39 is 0 Å². The number of rotatable bonds is 2. The maximum atomic E-state index is 6.82. The molecule has 11 rings (SSSR count). The van der Waals surface area contributed by atoms with E-state index >= 15 is 0 Å². The summed E-state index contributed by atoms with van der Waals surface area (Å²) in [5, 5.41) is 17.5. The van der Waals surface area contributed by atoms with Crippen molar-refractivity contribution in [1.29, 1.82) is 0 Å². The van der Waals surface area contributed by atoms with Crippen LogP contribution in [0.25, 0.3) is 109 Å². The Labute approximate surface area is 270 Å². The minimum absolute atomic E-state index is 0.915. The Morgan fingerprint density at radius 1 is 0.298 bits per heavy atom. The van der Waals surface area contributed by atoms with Gasteiger partial charge in [-0.15, -0.1) is 0 Å². The van der Waals surface area contributed by atoms with Gasteiger partial charge in [-0.05, 0) is 106 Å². The first kappa shape index (κ1) is 25.1. The molecule has 0 bridgehead atoms. The summed E-state index contributed by atoms with van der Waals surface area (Å²) in [6.45, 7) is 0. The highest BCUT2D eigenvalue weighted by atomic mass is 16.3. The molecule has 0 N–H and O–H groups in total. The van der Waals surface area contributed by atoms with Crippen molar-refractivity contribution in [1.82, 2.24) is 0 Å².